The van der Waals surface area contributed by atoms with Crippen LogP contribution in [0.5, 0.6) is 5.75 Å². The zero-order valence-corrected chi connectivity index (χ0v) is 11.5. The van der Waals surface area contributed by atoms with E-state index in [-0.39, 0.29) is 5.41 Å². The van der Waals surface area contributed by atoms with Crippen molar-refractivity contribution in [2.45, 2.75) is 45.6 Å². The monoisotopic (exact) mass is 254 g/mol. The Balaban J connectivity index is 1.90. The molecule has 0 amide bonds. The number of aryl methyl sites for hydroxylation is 1. The average Bonchev–Trinajstić information content (AvgIpc) is 2.85. The number of hydrogen-bond donors (Lipinski definition) is 1. The van der Waals surface area contributed by atoms with E-state index in [4.69, 9.17) is 4.74 Å². The van der Waals surface area contributed by atoms with Crippen molar-refractivity contribution in [3.05, 3.63) is 12.4 Å². The van der Waals surface area contributed by atoms with E-state index in [2.05, 4.69) is 24.7 Å². The fourth-order valence-electron chi connectivity index (χ4n) is 2.48. The van der Waals surface area contributed by atoms with E-state index in [9.17, 15) is 0 Å². The van der Waals surface area contributed by atoms with E-state index in [1.54, 1.807) is 6.20 Å². The number of rotatable bonds is 5. The number of hydrogen-bond acceptors (Lipinski definition) is 3. The minimum absolute atomic E-state index is 0.287. The summed E-state index contributed by atoms with van der Waals surface area (Å²) in [6.07, 6.45) is 10.3. The summed E-state index contributed by atoms with van der Waals surface area (Å²) in [6.45, 7) is 3.75. The summed E-state index contributed by atoms with van der Waals surface area (Å²) in [7, 11) is 0. The molecular formula is C13H22N2OS. The zero-order valence-electron chi connectivity index (χ0n) is 10.6. The molecule has 1 aliphatic rings. The van der Waals surface area contributed by atoms with Gasteiger partial charge < -0.3 is 4.74 Å². The highest BCUT2D eigenvalue weighted by atomic mass is 32.1. The summed E-state index contributed by atoms with van der Waals surface area (Å²) in [4.78, 5) is 0. The first kappa shape index (κ1) is 12.8. The van der Waals surface area contributed by atoms with Crippen molar-refractivity contribution < 1.29 is 4.74 Å². The van der Waals surface area contributed by atoms with Gasteiger partial charge in [-0.2, -0.15) is 17.7 Å². The zero-order chi connectivity index (χ0) is 12.1. The number of thiol groups is 1. The molecule has 96 valence electrons. The summed E-state index contributed by atoms with van der Waals surface area (Å²) >= 11 is 4.52. The lowest BCUT2D eigenvalue weighted by Gasteiger charge is -2.35. The Labute approximate surface area is 109 Å². The van der Waals surface area contributed by atoms with Gasteiger partial charge in [-0.3, -0.25) is 4.68 Å². The summed E-state index contributed by atoms with van der Waals surface area (Å²) in [5.41, 5.74) is 0.287. The van der Waals surface area contributed by atoms with Gasteiger partial charge in [-0.25, -0.2) is 0 Å². The van der Waals surface area contributed by atoms with Crippen LogP contribution in [0.15, 0.2) is 12.4 Å². The van der Waals surface area contributed by atoms with Crippen molar-refractivity contribution in [1.82, 2.24) is 9.78 Å². The first-order valence-electron chi connectivity index (χ1n) is 6.54. The average molecular weight is 254 g/mol. The van der Waals surface area contributed by atoms with Crippen molar-refractivity contribution in [3.8, 4) is 5.75 Å². The van der Waals surface area contributed by atoms with Crippen LogP contribution >= 0.6 is 12.6 Å². The van der Waals surface area contributed by atoms with Gasteiger partial charge in [-0.1, -0.05) is 19.3 Å². The van der Waals surface area contributed by atoms with Gasteiger partial charge in [0.1, 0.15) is 0 Å². The second-order valence-electron chi connectivity index (χ2n) is 5.04. The van der Waals surface area contributed by atoms with Crippen molar-refractivity contribution in [3.63, 3.8) is 0 Å². The fraction of sp³-hybridized carbons (Fsp3) is 0.769. The SMILES string of the molecule is CCn1cc(OCC2(CS)CCCCC2)cn1. The molecule has 1 fully saturated rings. The highest BCUT2D eigenvalue weighted by molar-refractivity contribution is 7.80. The van der Waals surface area contributed by atoms with Gasteiger partial charge in [0, 0.05) is 12.0 Å². The Morgan fingerprint density at radius 3 is 2.76 bits per heavy atom. The van der Waals surface area contributed by atoms with Crippen LogP contribution in [0.4, 0.5) is 0 Å². The van der Waals surface area contributed by atoms with E-state index >= 15 is 0 Å². The summed E-state index contributed by atoms with van der Waals surface area (Å²) in [5.74, 6) is 1.81. The molecule has 3 nitrogen and oxygen atoms in total. The van der Waals surface area contributed by atoms with E-state index in [0.29, 0.717) is 0 Å². The van der Waals surface area contributed by atoms with E-state index in [1.807, 2.05) is 10.9 Å². The molecule has 1 aliphatic carbocycles. The lowest BCUT2D eigenvalue weighted by atomic mass is 9.76. The third-order valence-electron chi connectivity index (χ3n) is 3.73. The smallest absolute Gasteiger partial charge is 0.157 e. The van der Waals surface area contributed by atoms with Crippen LogP contribution < -0.4 is 4.74 Å². The molecule has 0 saturated heterocycles. The van der Waals surface area contributed by atoms with Crippen molar-refractivity contribution in [1.29, 1.82) is 0 Å². The Morgan fingerprint density at radius 2 is 2.18 bits per heavy atom. The molecule has 1 heterocycles. The van der Waals surface area contributed by atoms with Crippen LogP contribution in [-0.4, -0.2) is 22.1 Å². The molecular weight excluding hydrogens is 232 g/mol. The van der Waals surface area contributed by atoms with Crippen molar-refractivity contribution in [2.24, 2.45) is 5.41 Å². The molecule has 4 heteroatoms. The standard InChI is InChI=1S/C13H22N2OS/c1-2-15-9-12(8-14-15)16-10-13(11-17)6-4-3-5-7-13/h8-9,17H,2-7,10-11H2,1H3. The second kappa shape index (κ2) is 5.80. The minimum Gasteiger partial charge on any atom is -0.490 e. The van der Waals surface area contributed by atoms with Crippen LogP contribution in [0.1, 0.15) is 39.0 Å². The molecule has 1 aromatic heterocycles. The molecule has 0 radical (unpaired) electrons. The maximum atomic E-state index is 5.89. The summed E-state index contributed by atoms with van der Waals surface area (Å²) in [6, 6.07) is 0. The lowest BCUT2D eigenvalue weighted by molar-refractivity contribution is 0.121. The minimum atomic E-state index is 0.287. The van der Waals surface area contributed by atoms with Gasteiger partial charge in [-0.05, 0) is 25.5 Å². The van der Waals surface area contributed by atoms with Crippen molar-refractivity contribution in [2.75, 3.05) is 12.4 Å². The van der Waals surface area contributed by atoms with Gasteiger partial charge in [0.25, 0.3) is 0 Å². The Bertz CT molecular complexity index is 345. The van der Waals surface area contributed by atoms with Crippen LogP contribution in [-0.2, 0) is 6.54 Å². The first-order valence-corrected chi connectivity index (χ1v) is 7.17. The van der Waals surface area contributed by atoms with Crippen LogP contribution in [0, 0.1) is 5.41 Å². The molecule has 0 atom stereocenters. The second-order valence-corrected chi connectivity index (χ2v) is 5.36. The quantitative estimate of drug-likeness (QED) is 0.817. The molecule has 0 aromatic carbocycles. The third kappa shape index (κ3) is 3.18. The number of nitrogens with zero attached hydrogens (tertiary/aromatic N) is 2. The normalized spacial score (nSPS) is 19.2. The Morgan fingerprint density at radius 1 is 1.41 bits per heavy atom. The van der Waals surface area contributed by atoms with Crippen molar-refractivity contribution >= 4 is 12.6 Å². The molecule has 1 saturated carbocycles. The summed E-state index contributed by atoms with van der Waals surface area (Å²) in [5, 5.41) is 4.22. The van der Waals surface area contributed by atoms with E-state index < -0.39 is 0 Å². The fourth-order valence-corrected chi connectivity index (χ4v) is 2.89. The highest BCUT2D eigenvalue weighted by Gasteiger charge is 2.31. The van der Waals surface area contributed by atoms with Gasteiger partial charge >= 0.3 is 0 Å². The van der Waals surface area contributed by atoms with Gasteiger partial charge in [0.15, 0.2) is 5.75 Å². The van der Waals surface area contributed by atoms with Gasteiger partial charge in [0.05, 0.1) is 19.0 Å². The van der Waals surface area contributed by atoms with Crippen LogP contribution in [0.3, 0.4) is 0 Å². The largest absolute Gasteiger partial charge is 0.490 e. The lowest BCUT2D eigenvalue weighted by Crippen LogP contribution is -2.32. The predicted octanol–water partition coefficient (Wildman–Crippen LogP) is 3.16. The van der Waals surface area contributed by atoms with Crippen LogP contribution in [0.25, 0.3) is 0 Å². The molecule has 17 heavy (non-hydrogen) atoms. The molecule has 0 spiro atoms. The molecule has 0 unspecified atom stereocenters. The maximum Gasteiger partial charge on any atom is 0.157 e. The van der Waals surface area contributed by atoms with Crippen LogP contribution in [0.2, 0.25) is 0 Å². The van der Waals surface area contributed by atoms with Gasteiger partial charge in [-0.15, -0.1) is 0 Å². The molecule has 0 bridgehead atoms. The first-order chi connectivity index (χ1) is 8.28. The maximum absolute atomic E-state index is 5.89. The highest BCUT2D eigenvalue weighted by Crippen LogP contribution is 2.37. The Hall–Kier alpha value is -0.640. The molecule has 2 rings (SSSR count). The van der Waals surface area contributed by atoms with Gasteiger partial charge in [0.2, 0.25) is 0 Å². The number of aromatic nitrogens is 2. The molecule has 0 N–H and O–H groups in total. The topological polar surface area (TPSA) is 27.1 Å². The predicted molar refractivity (Wildman–Crippen MR) is 72.8 cm³/mol. The molecule has 1 aromatic rings. The molecule has 0 aliphatic heterocycles. The van der Waals surface area contributed by atoms with E-state index in [0.717, 1.165) is 24.7 Å². The Kier molecular flexibility index (Phi) is 4.37. The third-order valence-corrected chi connectivity index (χ3v) is 4.40. The van der Waals surface area contributed by atoms with E-state index in [1.165, 1.54) is 32.1 Å². The number of ether oxygens (including phenoxy) is 1. The summed E-state index contributed by atoms with van der Waals surface area (Å²) < 4.78 is 7.78.